The molecule has 0 aliphatic carbocycles. The average Bonchev–Trinajstić information content (AvgIpc) is 2.56. The standard InChI is InChI=1S/C17H20N2O3/c1-4-22-15-11-10-13(12-16(15)21-3)17(20)18-19(2)14-8-6-5-7-9-14/h5-12H,4H2,1-3H3,(H,18,20). The number of hydrogen-bond donors (Lipinski definition) is 1. The molecule has 5 heteroatoms. The fourth-order valence-electron chi connectivity index (χ4n) is 2.02. The van der Waals surface area contributed by atoms with Crippen molar-refractivity contribution in [3.05, 3.63) is 54.1 Å². The molecule has 5 nitrogen and oxygen atoms in total. The van der Waals surface area contributed by atoms with Crippen LogP contribution >= 0.6 is 0 Å². The third-order valence-electron chi connectivity index (χ3n) is 3.14. The van der Waals surface area contributed by atoms with Gasteiger partial charge in [-0.25, -0.2) is 0 Å². The van der Waals surface area contributed by atoms with E-state index in [1.165, 1.54) is 0 Å². The quantitative estimate of drug-likeness (QED) is 0.833. The summed E-state index contributed by atoms with van der Waals surface area (Å²) in [4.78, 5) is 12.3. The maximum atomic E-state index is 12.3. The van der Waals surface area contributed by atoms with Crippen LogP contribution in [0.2, 0.25) is 0 Å². The van der Waals surface area contributed by atoms with Gasteiger partial charge in [0, 0.05) is 12.6 Å². The van der Waals surface area contributed by atoms with E-state index >= 15 is 0 Å². The lowest BCUT2D eigenvalue weighted by atomic mass is 10.2. The smallest absolute Gasteiger partial charge is 0.269 e. The number of carbonyl (C=O) groups excluding carboxylic acids is 1. The molecule has 1 N–H and O–H groups in total. The van der Waals surface area contributed by atoms with Crippen LogP contribution in [0.1, 0.15) is 17.3 Å². The van der Waals surface area contributed by atoms with Crippen molar-refractivity contribution in [1.29, 1.82) is 0 Å². The highest BCUT2D eigenvalue weighted by Gasteiger charge is 2.12. The number of amides is 1. The summed E-state index contributed by atoms with van der Waals surface area (Å²) in [7, 11) is 3.34. The highest BCUT2D eigenvalue weighted by Crippen LogP contribution is 2.28. The van der Waals surface area contributed by atoms with E-state index in [1.807, 2.05) is 37.3 Å². The Labute approximate surface area is 130 Å². The van der Waals surface area contributed by atoms with Gasteiger partial charge in [0.1, 0.15) is 0 Å². The third-order valence-corrected chi connectivity index (χ3v) is 3.14. The first-order valence-corrected chi connectivity index (χ1v) is 7.06. The van der Waals surface area contributed by atoms with Gasteiger partial charge in [0.25, 0.3) is 5.91 Å². The Morgan fingerprint density at radius 3 is 2.50 bits per heavy atom. The van der Waals surface area contributed by atoms with Crippen LogP contribution in [0.3, 0.4) is 0 Å². The van der Waals surface area contributed by atoms with Gasteiger partial charge in [-0.05, 0) is 37.3 Å². The van der Waals surface area contributed by atoms with E-state index in [2.05, 4.69) is 5.43 Å². The van der Waals surface area contributed by atoms with Gasteiger partial charge in [0.05, 0.1) is 19.4 Å². The highest BCUT2D eigenvalue weighted by molar-refractivity contribution is 5.95. The van der Waals surface area contributed by atoms with Crippen LogP contribution in [0.15, 0.2) is 48.5 Å². The molecule has 0 saturated heterocycles. The monoisotopic (exact) mass is 300 g/mol. The molecular weight excluding hydrogens is 280 g/mol. The topological polar surface area (TPSA) is 50.8 Å². The van der Waals surface area contributed by atoms with Gasteiger partial charge < -0.3 is 9.47 Å². The Balaban J connectivity index is 2.12. The minimum atomic E-state index is -0.215. The summed E-state index contributed by atoms with van der Waals surface area (Å²) in [5, 5.41) is 1.67. The van der Waals surface area contributed by atoms with E-state index in [0.29, 0.717) is 23.7 Å². The molecule has 0 unspecified atom stereocenters. The first-order valence-electron chi connectivity index (χ1n) is 7.06. The van der Waals surface area contributed by atoms with Crippen molar-refractivity contribution in [3.8, 4) is 11.5 Å². The number of nitrogens with zero attached hydrogens (tertiary/aromatic N) is 1. The van der Waals surface area contributed by atoms with Gasteiger partial charge in [0.2, 0.25) is 0 Å². The van der Waals surface area contributed by atoms with Crippen molar-refractivity contribution < 1.29 is 14.3 Å². The number of carbonyl (C=O) groups is 1. The minimum absolute atomic E-state index is 0.215. The summed E-state index contributed by atoms with van der Waals surface area (Å²) in [6.07, 6.45) is 0. The van der Waals surface area contributed by atoms with Crippen LogP contribution in [0.4, 0.5) is 5.69 Å². The number of para-hydroxylation sites is 1. The average molecular weight is 300 g/mol. The zero-order chi connectivity index (χ0) is 15.9. The molecule has 0 aliphatic heterocycles. The van der Waals surface area contributed by atoms with Crippen molar-refractivity contribution >= 4 is 11.6 Å². The first kappa shape index (κ1) is 15.7. The third kappa shape index (κ3) is 3.69. The molecule has 0 saturated carbocycles. The molecule has 22 heavy (non-hydrogen) atoms. The van der Waals surface area contributed by atoms with Gasteiger partial charge in [-0.1, -0.05) is 18.2 Å². The van der Waals surface area contributed by atoms with Crippen LogP contribution in [-0.4, -0.2) is 26.7 Å². The Morgan fingerprint density at radius 2 is 1.86 bits per heavy atom. The molecule has 0 fully saturated rings. The van der Waals surface area contributed by atoms with E-state index < -0.39 is 0 Å². The molecule has 0 aliphatic rings. The van der Waals surface area contributed by atoms with Gasteiger partial charge in [0.15, 0.2) is 11.5 Å². The molecule has 2 aromatic carbocycles. The molecule has 0 heterocycles. The predicted octanol–water partition coefficient (Wildman–Crippen LogP) is 2.88. The SMILES string of the molecule is CCOc1ccc(C(=O)NN(C)c2ccccc2)cc1OC. The Bertz CT molecular complexity index is 629. The lowest BCUT2D eigenvalue weighted by Crippen LogP contribution is -2.39. The largest absolute Gasteiger partial charge is 0.493 e. The van der Waals surface area contributed by atoms with Gasteiger partial charge in [-0.3, -0.25) is 15.2 Å². The number of hydrazine groups is 1. The zero-order valence-corrected chi connectivity index (χ0v) is 13.0. The van der Waals surface area contributed by atoms with Crippen molar-refractivity contribution in [2.24, 2.45) is 0 Å². The molecule has 0 atom stereocenters. The molecular formula is C17H20N2O3. The van der Waals surface area contributed by atoms with Crippen LogP contribution < -0.4 is 19.9 Å². The van der Waals surface area contributed by atoms with E-state index in [9.17, 15) is 4.79 Å². The second kappa shape index (κ2) is 7.36. The van der Waals surface area contributed by atoms with Crippen molar-refractivity contribution in [1.82, 2.24) is 5.43 Å². The molecule has 1 amide bonds. The predicted molar refractivity (Wildman–Crippen MR) is 86.5 cm³/mol. The van der Waals surface area contributed by atoms with Gasteiger partial charge in [-0.2, -0.15) is 0 Å². The Hall–Kier alpha value is -2.69. The van der Waals surface area contributed by atoms with Crippen LogP contribution in [0.5, 0.6) is 11.5 Å². The minimum Gasteiger partial charge on any atom is -0.493 e. The summed E-state index contributed by atoms with van der Waals surface area (Å²) in [6, 6.07) is 14.7. The van der Waals surface area contributed by atoms with Crippen molar-refractivity contribution in [2.45, 2.75) is 6.92 Å². The highest BCUT2D eigenvalue weighted by atomic mass is 16.5. The molecule has 2 rings (SSSR count). The molecule has 2 aromatic rings. The van der Waals surface area contributed by atoms with Crippen LogP contribution in [0, 0.1) is 0 Å². The normalized spacial score (nSPS) is 9.95. The molecule has 0 radical (unpaired) electrons. The molecule has 0 spiro atoms. The molecule has 0 aromatic heterocycles. The lowest BCUT2D eigenvalue weighted by Gasteiger charge is -2.20. The second-order valence-corrected chi connectivity index (χ2v) is 4.63. The summed E-state index contributed by atoms with van der Waals surface area (Å²) in [5.41, 5.74) is 4.21. The number of hydrogen-bond acceptors (Lipinski definition) is 4. The van der Waals surface area contributed by atoms with Crippen LogP contribution in [0.25, 0.3) is 0 Å². The van der Waals surface area contributed by atoms with Crippen molar-refractivity contribution in [2.75, 3.05) is 25.8 Å². The maximum absolute atomic E-state index is 12.3. The summed E-state index contributed by atoms with van der Waals surface area (Å²) < 4.78 is 10.7. The molecule has 116 valence electrons. The van der Waals surface area contributed by atoms with Gasteiger partial charge in [-0.15, -0.1) is 0 Å². The van der Waals surface area contributed by atoms with Crippen LogP contribution in [-0.2, 0) is 0 Å². The van der Waals surface area contributed by atoms with E-state index in [0.717, 1.165) is 5.69 Å². The zero-order valence-electron chi connectivity index (χ0n) is 13.0. The number of rotatable bonds is 6. The van der Waals surface area contributed by atoms with E-state index in [1.54, 1.807) is 37.4 Å². The Morgan fingerprint density at radius 1 is 1.14 bits per heavy atom. The van der Waals surface area contributed by atoms with Crippen molar-refractivity contribution in [3.63, 3.8) is 0 Å². The Kier molecular flexibility index (Phi) is 5.25. The number of anilines is 1. The lowest BCUT2D eigenvalue weighted by molar-refractivity contribution is 0.0951. The number of benzene rings is 2. The second-order valence-electron chi connectivity index (χ2n) is 4.63. The molecule has 0 bridgehead atoms. The van der Waals surface area contributed by atoms with Gasteiger partial charge >= 0.3 is 0 Å². The maximum Gasteiger partial charge on any atom is 0.269 e. The fraction of sp³-hybridized carbons (Fsp3) is 0.235. The summed E-state index contributed by atoms with van der Waals surface area (Å²) in [6.45, 7) is 2.44. The fourth-order valence-corrected chi connectivity index (χ4v) is 2.02. The number of ether oxygens (including phenoxy) is 2. The van der Waals surface area contributed by atoms with E-state index in [4.69, 9.17) is 9.47 Å². The number of methoxy groups -OCH3 is 1. The number of nitrogens with one attached hydrogen (secondary N) is 1. The van der Waals surface area contributed by atoms with E-state index in [-0.39, 0.29) is 5.91 Å². The summed E-state index contributed by atoms with van der Waals surface area (Å²) >= 11 is 0. The summed E-state index contributed by atoms with van der Waals surface area (Å²) in [5.74, 6) is 0.947. The first-order chi connectivity index (χ1) is 10.7.